The smallest absolute Gasteiger partial charge is 0.289 e. The van der Waals surface area contributed by atoms with Crippen LogP contribution in [0.1, 0.15) is 21.7 Å². The predicted molar refractivity (Wildman–Crippen MR) is 103 cm³/mol. The van der Waals surface area contributed by atoms with Gasteiger partial charge in [0.05, 0.1) is 13.4 Å². The molecule has 0 aliphatic rings. The number of thioether (sulfide) groups is 1. The van der Waals surface area contributed by atoms with Crippen LogP contribution in [0.4, 0.5) is 4.39 Å². The Kier molecular flexibility index (Phi) is 6.19. The molecule has 0 aliphatic carbocycles. The van der Waals surface area contributed by atoms with Crippen molar-refractivity contribution in [2.45, 2.75) is 17.2 Å². The highest BCUT2D eigenvalue weighted by Gasteiger charge is 2.20. The minimum Gasteiger partial charge on any atom is -0.494 e. The zero-order valence-electron chi connectivity index (χ0n) is 15.1. The monoisotopic (exact) mass is 385 g/mol. The molecule has 1 aromatic heterocycles. The molecule has 0 bridgehead atoms. The maximum Gasteiger partial charge on any atom is 0.289 e. The Balaban J connectivity index is 1.67. The predicted octanol–water partition coefficient (Wildman–Crippen LogP) is 4.99. The lowest BCUT2D eigenvalue weighted by atomic mass is 10.2. The number of amides is 1. The van der Waals surface area contributed by atoms with Crippen LogP contribution in [0.2, 0.25) is 0 Å². The largest absolute Gasteiger partial charge is 0.494 e. The van der Waals surface area contributed by atoms with Gasteiger partial charge >= 0.3 is 0 Å². The number of rotatable bonds is 7. The first kappa shape index (κ1) is 19.0. The van der Waals surface area contributed by atoms with Gasteiger partial charge in [0.2, 0.25) is 0 Å². The molecule has 1 amide bonds. The molecule has 0 atom stereocenters. The second-order valence-corrected chi connectivity index (χ2v) is 7.06. The fraction of sp³-hybridized carbons (Fsp3) is 0.190. The number of methoxy groups -OCH3 is 1. The van der Waals surface area contributed by atoms with Crippen molar-refractivity contribution in [2.75, 3.05) is 14.2 Å². The maximum atomic E-state index is 13.9. The molecule has 0 radical (unpaired) electrons. The van der Waals surface area contributed by atoms with E-state index in [1.165, 1.54) is 24.3 Å². The number of carbonyl (C=O) groups excluding carboxylic acids is 1. The summed E-state index contributed by atoms with van der Waals surface area (Å²) in [6, 6.07) is 16.4. The van der Waals surface area contributed by atoms with Gasteiger partial charge in [-0.1, -0.05) is 24.3 Å². The van der Waals surface area contributed by atoms with Crippen molar-refractivity contribution in [1.29, 1.82) is 0 Å². The van der Waals surface area contributed by atoms with Crippen molar-refractivity contribution >= 4 is 17.7 Å². The Bertz CT molecular complexity index is 911. The van der Waals surface area contributed by atoms with Crippen LogP contribution in [0.25, 0.3) is 0 Å². The topological polar surface area (TPSA) is 42.7 Å². The molecule has 27 heavy (non-hydrogen) atoms. The van der Waals surface area contributed by atoms with Crippen LogP contribution in [0.5, 0.6) is 5.75 Å². The summed E-state index contributed by atoms with van der Waals surface area (Å²) in [6.07, 6.45) is 1.52. The highest BCUT2D eigenvalue weighted by Crippen LogP contribution is 2.26. The molecule has 2 aromatic carbocycles. The van der Waals surface area contributed by atoms with Crippen molar-refractivity contribution in [3.8, 4) is 5.75 Å². The maximum absolute atomic E-state index is 13.9. The average Bonchev–Trinajstić information content (AvgIpc) is 3.15. The summed E-state index contributed by atoms with van der Waals surface area (Å²) < 4.78 is 24.2. The van der Waals surface area contributed by atoms with E-state index in [0.29, 0.717) is 17.1 Å². The number of nitrogens with zero attached hydrogens (tertiary/aromatic N) is 1. The molecular formula is C21H20FNO3S. The van der Waals surface area contributed by atoms with Crippen molar-refractivity contribution in [3.05, 3.63) is 83.6 Å². The van der Waals surface area contributed by atoms with E-state index in [1.54, 1.807) is 30.9 Å². The molecule has 3 rings (SSSR count). The third-order valence-corrected chi connectivity index (χ3v) is 5.12. The second kappa shape index (κ2) is 8.77. The number of furan rings is 1. The molecule has 6 heteroatoms. The Morgan fingerprint density at radius 1 is 1.19 bits per heavy atom. The van der Waals surface area contributed by atoms with E-state index < -0.39 is 5.82 Å². The molecule has 0 aliphatic heterocycles. The fourth-order valence-corrected chi connectivity index (χ4v) is 3.54. The van der Waals surface area contributed by atoms with E-state index in [2.05, 4.69) is 0 Å². The Hall–Kier alpha value is -2.73. The Morgan fingerprint density at radius 3 is 2.67 bits per heavy atom. The van der Waals surface area contributed by atoms with Gasteiger partial charge in [0.1, 0.15) is 0 Å². The minimum atomic E-state index is -0.450. The second-order valence-electron chi connectivity index (χ2n) is 6.01. The number of carbonyl (C=O) groups is 1. The normalized spacial score (nSPS) is 10.6. The van der Waals surface area contributed by atoms with Gasteiger partial charge in [0, 0.05) is 29.8 Å². The standard InChI is InChI=1S/C21H20FNO3S/c1-23(13-15-8-9-19(25-2)18(22)12-15)21(24)20-16(10-11-26-20)14-27-17-6-4-3-5-7-17/h3-12H,13-14H2,1-2H3. The Labute approximate surface area is 161 Å². The molecule has 0 unspecified atom stereocenters. The first-order valence-corrected chi connectivity index (χ1v) is 9.39. The van der Waals surface area contributed by atoms with Crippen LogP contribution in [-0.2, 0) is 12.3 Å². The molecule has 0 fully saturated rings. The zero-order valence-corrected chi connectivity index (χ0v) is 16.0. The van der Waals surface area contributed by atoms with E-state index in [4.69, 9.17) is 9.15 Å². The van der Waals surface area contributed by atoms with E-state index in [0.717, 1.165) is 10.5 Å². The third-order valence-electron chi connectivity index (χ3n) is 4.06. The van der Waals surface area contributed by atoms with E-state index in [-0.39, 0.29) is 18.2 Å². The summed E-state index contributed by atoms with van der Waals surface area (Å²) >= 11 is 1.64. The summed E-state index contributed by atoms with van der Waals surface area (Å²) in [5.41, 5.74) is 1.51. The minimum absolute atomic E-state index is 0.180. The molecule has 3 aromatic rings. The lowest BCUT2D eigenvalue weighted by Gasteiger charge is -2.17. The van der Waals surface area contributed by atoms with Gasteiger partial charge in [0.25, 0.3) is 5.91 Å². The van der Waals surface area contributed by atoms with Gasteiger partial charge in [-0.25, -0.2) is 4.39 Å². The summed E-state index contributed by atoms with van der Waals surface area (Å²) in [5, 5.41) is 0. The number of hydrogen-bond donors (Lipinski definition) is 0. The summed E-state index contributed by atoms with van der Waals surface area (Å²) in [5.74, 6) is 0.439. The lowest BCUT2D eigenvalue weighted by Crippen LogP contribution is -2.26. The van der Waals surface area contributed by atoms with Gasteiger partial charge < -0.3 is 14.1 Å². The first-order chi connectivity index (χ1) is 13.1. The van der Waals surface area contributed by atoms with Gasteiger partial charge in [-0.2, -0.15) is 0 Å². The SMILES string of the molecule is COc1ccc(CN(C)C(=O)c2occc2CSc2ccccc2)cc1F. The molecule has 0 N–H and O–H groups in total. The molecule has 140 valence electrons. The van der Waals surface area contributed by atoms with Gasteiger partial charge in [-0.05, 0) is 35.9 Å². The first-order valence-electron chi connectivity index (χ1n) is 8.40. The van der Waals surface area contributed by atoms with Gasteiger partial charge in [0.15, 0.2) is 17.3 Å². The van der Waals surface area contributed by atoms with Crippen LogP contribution < -0.4 is 4.74 Å². The summed E-state index contributed by atoms with van der Waals surface area (Å²) in [4.78, 5) is 15.4. The quantitative estimate of drug-likeness (QED) is 0.537. The summed E-state index contributed by atoms with van der Waals surface area (Å²) in [6.45, 7) is 0.270. The van der Waals surface area contributed by atoms with E-state index >= 15 is 0 Å². The molecule has 1 heterocycles. The number of hydrogen-bond acceptors (Lipinski definition) is 4. The van der Waals surface area contributed by atoms with E-state index in [9.17, 15) is 9.18 Å². The molecule has 0 saturated carbocycles. The fourth-order valence-electron chi connectivity index (χ4n) is 2.64. The van der Waals surface area contributed by atoms with E-state index in [1.807, 2.05) is 36.4 Å². The van der Waals surface area contributed by atoms with Crippen molar-refractivity contribution < 1.29 is 18.3 Å². The number of halogens is 1. The third kappa shape index (κ3) is 4.71. The lowest BCUT2D eigenvalue weighted by molar-refractivity contribution is 0.0752. The number of ether oxygens (including phenoxy) is 1. The van der Waals surface area contributed by atoms with Crippen molar-refractivity contribution in [3.63, 3.8) is 0 Å². The molecular weight excluding hydrogens is 365 g/mol. The van der Waals surface area contributed by atoms with Crippen molar-refractivity contribution in [1.82, 2.24) is 4.90 Å². The van der Waals surface area contributed by atoms with Crippen LogP contribution in [-0.4, -0.2) is 25.0 Å². The van der Waals surface area contributed by atoms with Crippen molar-refractivity contribution in [2.24, 2.45) is 0 Å². The molecule has 0 spiro atoms. The van der Waals surface area contributed by atoms with Crippen LogP contribution in [0.15, 0.2) is 70.2 Å². The van der Waals surface area contributed by atoms with Gasteiger partial charge in [-0.3, -0.25) is 4.79 Å². The summed E-state index contributed by atoms with van der Waals surface area (Å²) in [7, 11) is 3.08. The molecule has 0 saturated heterocycles. The van der Waals surface area contributed by atoms with Crippen LogP contribution in [0.3, 0.4) is 0 Å². The number of benzene rings is 2. The average molecular weight is 385 g/mol. The van der Waals surface area contributed by atoms with Crippen LogP contribution >= 0.6 is 11.8 Å². The van der Waals surface area contributed by atoms with Gasteiger partial charge in [-0.15, -0.1) is 11.8 Å². The molecule has 4 nitrogen and oxygen atoms in total. The Morgan fingerprint density at radius 2 is 1.96 bits per heavy atom. The highest BCUT2D eigenvalue weighted by molar-refractivity contribution is 7.98. The highest BCUT2D eigenvalue weighted by atomic mass is 32.2. The van der Waals surface area contributed by atoms with Crippen LogP contribution in [0, 0.1) is 5.82 Å². The zero-order chi connectivity index (χ0) is 19.2.